The Hall–Kier alpha value is -1.64. The monoisotopic (exact) mass is 277 g/mol. The van der Waals surface area contributed by atoms with Crippen molar-refractivity contribution in [1.82, 2.24) is 0 Å². The molecule has 0 spiro atoms. The molecule has 0 aliphatic heterocycles. The standard InChI is InChI=1S/C14H7Cl2O2/c15-11-7-6-10(8-17)13(16)12(11)14(18)9-4-2-1-3-5-9/h1-7H. The summed E-state index contributed by atoms with van der Waals surface area (Å²) in [5, 5.41) is 0.249. The van der Waals surface area contributed by atoms with Crippen molar-refractivity contribution in [2.24, 2.45) is 0 Å². The molecule has 0 aliphatic rings. The minimum atomic E-state index is -0.317. The summed E-state index contributed by atoms with van der Waals surface area (Å²) in [6, 6.07) is 11.5. The zero-order chi connectivity index (χ0) is 13.1. The van der Waals surface area contributed by atoms with Gasteiger partial charge in [0.15, 0.2) is 5.78 Å². The van der Waals surface area contributed by atoms with Crippen LogP contribution in [-0.4, -0.2) is 12.1 Å². The highest BCUT2D eigenvalue weighted by atomic mass is 35.5. The van der Waals surface area contributed by atoms with Crippen LogP contribution in [0, 0.1) is 0 Å². The lowest BCUT2D eigenvalue weighted by molar-refractivity contribution is 0.103. The number of hydrogen-bond acceptors (Lipinski definition) is 2. The van der Waals surface area contributed by atoms with Crippen molar-refractivity contribution in [2.75, 3.05) is 0 Å². The van der Waals surface area contributed by atoms with E-state index >= 15 is 0 Å². The molecule has 0 aromatic heterocycles. The molecule has 0 aliphatic carbocycles. The fourth-order valence-corrected chi connectivity index (χ4v) is 2.15. The molecular weight excluding hydrogens is 271 g/mol. The number of carbonyl (C=O) groups is 1. The Kier molecular flexibility index (Phi) is 3.80. The molecule has 0 bridgehead atoms. The maximum atomic E-state index is 12.3. The molecule has 0 saturated heterocycles. The van der Waals surface area contributed by atoms with Crippen molar-refractivity contribution in [3.05, 3.63) is 69.2 Å². The number of carbonyl (C=O) groups excluding carboxylic acids is 2. The summed E-state index contributed by atoms with van der Waals surface area (Å²) < 4.78 is 0. The van der Waals surface area contributed by atoms with E-state index < -0.39 is 0 Å². The van der Waals surface area contributed by atoms with Gasteiger partial charge in [0.25, 0.3) is 0 Å². The summed E-state index contributed by atoms with van der Waals surface area (Å²) in [4.78, 5) is 22.9. The average molecular weight is 278 g/mol. The highest BCUT2D eigenvalue weighted by molar-refractivity contribution is 6.42. The van der Waals surface area contributed by atoms with E-state index in [4.69, 9.17) is 23.2 Å². The van der Waals surface area contributed by atoms with Crippen LogP contribution in [0.4, 0.5) is 0 Å². The Morgan fingerprint density at radius 2 is 1.67 bits per heavy atom. The van der Waals surface area contributed by atoms with Gasteiger partial charge in [-0.05, 0) is 12.1 Å². The first-order chi connectivity index (χ1) is 8.65. The second-order valence-electron chi connectivity index (χ2n) is 3.58. The van der Waals surface area contributed by atoms with Gasteiger partial charge >= 0.3 is 0 Å². The van der Waals surface area contributed by atoms with Crippen LogP contribution < -0.4 is 0 Å². The zero-order valence-corrected chi connectivity index (χ0v) is 10.6. The van der Waals surface area contributed by atoms with Crippen LogP contribution in [0.25, 0.3) is 0 Å². The third kappa shape index (κ3) is 2.30. The summed E-state index contributed by atoms with van der Waals surface area (Å²) in [5.41, 5.74) is 0.718. The molecule has 0 N–H and O–H groups in total. The van der Waals surface area contributed by atoms with Gasteiger partial charge in [0.1, 0.15) is 0 Å². The largest absolute Gasteiger partial charge is 0.288 e. The number of hydrogen-bond donors (Lipinski definition) is 0. The fourth-order valence-electron chi connectivity index (χ4n) is 1.57. The predicted octanol–water partition coefficient (Wildman–Crippen LogP) is 3.68. The van der Waals surface area contributed by atoms with Gasteiger partial charge in [-0.3, -0.25) is 9.59 Å². The molecule has 18 heavy (non-hydrogen) atoms. The number of benzene rings is 2. The summed E-state index contributed by atoms with van der Waals surface area (Å²) >= 11 is 12.0. The smallest absolute Gasteiger partial charge is 0.235 e. The Labute approximate surface area is 114 Å². The predicted molar refractivity (Wildman–Crippen MR) is 71.1 cm³/mol. The van der Waals surface area contributed by atoms with Gasteiger partial charge in [0.05, 0.1) is 15.6 Å². The third-order valence-corrected chi connectivity index (χ3v) is 3.17. The molecule has 0 amide bonds. The first-order valence-corrected chi connectivity index (χ1v) is 5.86. The average Bonchev–Trinajstić information content (AvgIpc) is 2.40. The van der Waals surface area contributed by atoms with E-state index in [1.165, 1.54) is 12.1 Å². The summed E-state index contributed by atoms with van der Waals surface area (Å²) in [6.45, 7) is 0. The molecule has 89 valence electrons. The maximum absolute atomic E-state index is 12.3. The van der Waals surface area contributed by atoms with Crippen LogP contribution in [0.5, 0.6) is 0 Å². The molecule has 4 heteroatoms. The lowest BCUT2D eigenvalue weighted by Crippen LogP contribution is -2.04. The second-order valence-corrected chi connectivity index (χ2v) is 4.37. The van der Waals surface area contributed by atoms with Crippen LogP contribution in [0.15, 0.2) is 42.5 Å². The fraction of sp³-hybridized carbons (Fsp3) is 0. The van der Waals surface area contributed by atoms with Gasteiger partial charge in [-0.1, -0.05) is 53.5 Å². The summed E-state index contributed by atoms with van der Waals surface area (Å²) in [6.07, 6.45) is 1.68. The van der Waals surface area contributed by atoms with Gasteiger partial charge in [-0.15, -0.1) is 0 Å². The van der Waals surface area contributed by atoms with Crippen molar-refractivity contribution < 1.29 is 9.59 Å². The number of rotatable bonds is 3. The molecule has 1 radical (unpaired) electrons. The van der Waals surface area contributed by atoms with Gasteiger partial charge in [0.2, 0.25) is 6.29 Å². The topological polar surface area (TPSA) is 34.1 Å². The first-order valence-electron chi connectivity index (χ1n) is 5.11. The molecule has 0 saturated carbocycles. The molecule has 2 aromatic carbocycles. The second kappa shape index (κ2) is 5.34. The lowest BCUT2D eigenvalue weighted by Gasteiger charge is -2.07. The van der Waals surface area contributed by atoms with Crippen LogP contribution in [0.2, 0.25) is 10.0 Å². The third-order valence-electron chi connectivity index (χ3n) is 2.46. The van der Waals surface area contributed by atoms with Crippen molar-refractivity contribution in [3.8, 4) is 0 Å². The number of ketones is 1. The first kappa shape index (κ1) is 12.8. The Morgan fingerprint density at radius 3 is 2.28 bits per heavy atom. The SMILES string of the molecule is O=[C]c1ccc(Cl)c(C(=O)c2ccccc2)c1Cl. The van der Waals surface area contributed by atoms with Gasteiger partial charge in [0, 0.05) is 11.1 Å². The highest BCUT2D eigenvalue weighted by Gasteiger charge is 2.19. The van der Waals surface area contributed by atoms with E-state index in [9.17, 15) is 9.59 Å². The van der Waals surface area contributed by atoms with Gasteiger partial charge in [-0.2, -0.15) is 0 Å². The lowest BCUT2D eigenvalue weighted by atomic mass is 10.0. The Bertz CT molecular complexity index is 607. The van der Waals surface area contributed by atoms with Crippen molar-refractivity contribution in [2.45, 2.75) is 0 Å². The highest BCUT2D eigenvalue weighted by Crippen LogP contribution is 2.29. The van der Waals surface area contributed by atoms with Crippen molar-refractivity contribution in [3.63, 3.8) is 0 Å². The quantitative estimate of drug-likeness (QED) is 0.802. The summed E-state index contributed by atoms with van der Waals surface area (Å²) in [5.74, 6) is -0.317. The van der Waals surface area contributed by atoms with E-state index in [0.29, 0.717) is 5.56 Å². The van der Waals surface area contributed by atoms with Gasteiger partial charge in [-0.25, -0.2) is 0 Å². The van der Waals surface area contributed by atoms with E-state index in [2.05, 4.69) is 0 Å². The summed E-state index contributed by atoms with van der Waals surface area (Å²) in [7, 11) is 0. The molecule has 2 rings (SSSR count). The van der Waals surface area contributed by atoms with Crippen molar-refractivity contribution in [1.29, 1.82) is 0 Å². The van der Waals surface area contributed by atoms with E-state index in [-0.39, 0.29) is 27.0 Å². The van der Waals surface area contributed by atoms with Crippen LogP contribution in [0.3, 0.4) is 0 Å². The molecule has 0 atom stereocenters. The Morgan fingerprint density at radius 1 is 1.00 bits per heavy atom. The van der Waals surface area contributed by atoms with E-state index in [0.717, 1.165) is 0 Å². The van der Waals surface area contributed by atoms with E-state index in [1.54, 1.807) is 36.6 Å². The van der Waals surface area contributed by atoms with Crippen molar-refractivity contribution >= 4 is 35.3 Å². The molecular formula is C14H7Cl2O2. The minimum absolute atomic E-state index is 0.0337. The van der Waals surface area contributed by atoms with Gasteiger partial charge < -0.3 is 0 Å². The van der Waals surface area contributed by atoms with Crippen LogP contribution in [0.1, 0.15) is 21.5 Å². The van der Waals surface area contributed by atoms with Crippen LogP contribution >= 0.6 is 23.2 Å². The van der Waals surface area contributed by atoms with Crippen LogP contribution in [-0.2, 0) is 4.79 Å². The molecule has 0 unspecified atom stereocenters. The maximum Gasteiger partial charge on any atom is 0.235 e. The Balaban J connectivity index is 2.58. The molecule has 0 fully saturated rings. The number of halogens is 2. The molecule has 0 heterocycles. The zero-order valence-electron chi connectivity index (χ0n) is 9.11. The van der Waals surface area contributed by atoms with E-state index in [1.807, 2.05) is 0 Å². The normalized spacial score (nSPS) is 10.1. The molecule has 2 nitrogen and oxygen atoms in total. The molecule has 2 aromatic rings. The minimum Gasteiger partial charge on any atom is -0.288 e.